The predicted molar refractivity (Wildman–Crippen MR) is 133 cm³/mol. The van der Waals surface area contributed by atoms with Crippen molar-refractivity contribution in [2.45, 2.75) is 18.9 Å². The number of benzene rings is 1. The number of halogens is 2. The van der Waals surface area contributed by atoms with Gasteiger partial charge in [0.05, 0.1) is 29.2 Å². The number of hydrogen-bond donors (Lipinski definition) is 4. The zero-order valence-electron chi connectivity index (χ0n) is 18.3. The summed E-state index contributed by atoms with van der Waals surface area (Å²) in [6.07, 6.45) is 4.21. The molecular weight excluding hydrogens is 473 g/mol. The van der Waals surface area contributed by atoms with Crippen LogP contribution in [0.4, 0.5) is 15.9 Å². The van der Waals surface area contributed by atoms with Gasteiger partial charge in [-0.1, -0.05) is 11.6 Å². The average molecular weight is 494 g/mol. The third-order valence-corrected chi connectivity index (χ3v) is 6.19. The molecule has 1 atom stereocenters. The number of aromatic nitrogens is 4. The molecule has 10 nitrogen and oxygen atoms in total. The Hall–Kier alpha value is -4.22. The van der Waals surface area contributed by atoms with Crippen LogP contribution < -0.4 is 28.0 Å². The van der Waals surface area contributed by atoms with Crippen molar-refractivity contribution in [3.8, 4) is 22.5 Å². The Morgan fingerprint density at radius 3 is 2.83 bits per heavy atom. The van der Waals surface area contributed by atoms with Crippen molar-refractivity contribution in [3.63, 3.8) is 0 Å². The number of hydrazine groups is 1. The second-order valence-electron chi connectivity index (χ2n) is 8.09. The van der Waals surface area contributed by atoms with E-state index in [1.807, 2.05) is 6.07 Å². The molecule has 0 radical (unpaired) electrons. The van der Waals surface area contributed by atoms with E-state index in [9.17, 15) is 9.18 Å². The van der Waals surface area contributed by atoms with Crippen molar-refractivity contribution in [3.05, 3.63) is 81.4 Å². The SMILES string of the molecule is N/N=C\N(N)c1ccc(Cl)cc1-c1cc2n(c(=O)c1)C(c1cnc(-c3ccc(N)nc3F)[nH]1)CC2. The van der Waals surface area contributed by atoms with Crippen LogP contribution in [0.2, 0.25) is 5.02 Å². The van der Waals surface area contributed by atoms with Crippen LogP contribution in [0.3, 0.4) is 0 Å². The summed E-state index contributed by atoms with van der Waals surface area (Å²) in [5.74, 6) is 11.0. The first-order chi connectivity index (χ1) is 16.9. The van der Waals surface area contributed by atoms with Crippen molar-refractivity contribution in [1.29, 1.82) is 0 Å². The maximum absolute atomic E-state index is 14.3. The van der Waals surface area contributed by atoms with Gasteiger partial charge in [0.1, 0.15) is 18.0 Å². The second-order valence-corrected chi connectivity index (χ2v) is 8.53. The van der Waals surface area contributed by atoms with Gasteiger partial charge in [-0.25, -0.2) is 15.8 Å². The van der Waals surface area contributed by atoms with Crippen LogP contribution in [0.5, 0.6) is 0 Å². The summed E-state index contributed by atoms with van der Waals surface area (Å²) >= 11 is 6.23. The Balaban J connectivity index is 1.53. The lowest BCUT2D eigenvalue weighted by Crippen LogP contribution is -2.30. The minimum atomic E-state index is -0.717. The minimum absolute atomic E-state index is 0.0843. The summed E-state index contributed by atoms with van der Waals surface area (Å²) in [6.45, 7) is 0. The van der Waals surface area contributed by atoms with E-state index >= 15 is 0 Å². The summed E-state index contributed by atoms with van der Waals surface area (Å²) in [6, 6.07) is 11.4. The number of anilines is 2. The Morgan fingerprint density at radius 2 is 2.06 bits per heavy atom. The number of pyridine rings is 2. The van der Waals surface area contributed by atoms with Crippen molar-refractivity contribution in [2.24, 2.45) is 16.8 Å². The normalized spacial score (nSPS) is 15.0. The molecule has 4 heterocycles. The third kappa shape index (κ3) is 4.11. The molecule has 0 spiro atoms. The highest BCUT2D eigenvalue weighted by molar-refractivity contribution is 6.31. The maximum atomic E-state index is 14.3. The van der Waals surface area contributed by atoms with Gasteiger partial charge < -0.3 is 21.1 Å². The lowest BCUT2D eigenvalue weighted by molar-refractivity contribution is 0.584. The van der Waals surface area contributed by atoms with Gasteiger partial charge >= 0.3 is 0 Å². The monoisotopic (exact) mass is 493 g/mol. The number of nitrogen functional groups attached to an aromatic ring is 1. The largest absolute Gasteiger partial charge is 0.384 e. The average Bonchev–Trinajstić information content (AvgIpc) is 3.46. The summed E-state index contributed by atoms with van der Waals surface area (Å²) in [7, 11) is 0. The molecule has 0 amide bonds. The minimum Gasteiger partial charge on any atom is -0.384 e. The number of nitrogens with one attached hydrogen (secondary N) is 1. The first-order valence-corrected chi connectivity index (χ1v) is 11.0. The fourth-order valence-corrected chi connectivity index (χ4v) is 4.58. The molecule has 0 saturated carbocycles. The Morgan fingerprint density at radius 1 is 1.23 bits per heavy atom. The number of hydrogen-bond acceptors (Lipinski definition) is 7. The molecule has 5 rings (SSSR count). The number of aromatic amines is 1. The van der Waals surface area contributed by atoms with Gasteiger partial charge in [-0.15, -0.1) is 0 Å². The van der Waals surface area contributed by atoms with Gasteiger partial charge in [-0.2, -0.15) is 9.49 Å². The van der Waals surface area contributed by atoms with Crippen LogP contribution in [0, 0.1) is 5.95 Å². The van der Waals surface area contributed by atoms with E-state index in [2.05, 4.69) is 20.1 Å². The zero-order valence-corrected chi connectivity index (χ0v) is 19.1. The van der Waals surface area contributed by atoms with E-state index in [0.29, 0.717) is 46.2 Å². The molecule has 1 aromatic carbocycles. The quantitative estimate of drug-likeness (QED) is 0.109. The van der Waals surface area contributed by atoms with Gasteiger partial charge in [-0.05, 0) is 54.8 Å². The number of imidazole rings is 1. The van der Waals surface area contributed by atoms with E-state index in [-0.39, 0.29) is 23.0 Å². The van der Waals surface area contributed by atoms with E-state index in [1.54, 1.807) is 29.0 Å². The van der Waals surface area contributed by atoms with Gasteiger partial charge in [0.25, 0.3) is 5.56 Å². The molecule has 7 N–H and O–H groups in total. The number of fused-ring (bicyclic) bond motifs is 1. The summed E-state index contributed by atoms with van der Waals surface area (Å²) < 4.78 is 16.0. The molecule has 0 aliphatic carbocycles. The molecule has 0 fully saturated rings. The fourth-order valence-electron chi connectivity index (χ4n) is 4.41. The van der Waals surface area contributed by atoms with Gasteiger partial charge in [0.2, 0.25) is 5.95 Å². The van der Waals surface area contributed by atoms with Crippen molar-refractivity contribution in [1.82, 2.24) is 19.5 Å². The van der Waals surface area contributed by atoms with Crippen LogP contribution in [0.15, 0.2) is 58.6 Å². The van der Waals surface area contributed by atoms with Crippen LogP contribution in [0.1, 0.15) is 23.9 Å². The van der Waals surface area contributed by atoms with E-state index in [0.717, 1.165) is 5.69 Å². The van der Waals surface area contributed by atoms with Crippen molar-refractivity contribution < 1.29 is 4.39 Å². The first kappa shape index (κ1) is 22.6. The van der Waals surface area contributed by atoms with Crippen LogP contribution in [-0.2, 0) is 6.42 Å². The Labute approximate surface area is 203 Å². The summed E-state index contributed by atoms with van der Waals surface area (Å²) in [5, 5.41) is 5.21. The number of aryl methyl sites for hydroxylation is 1. The molecule has 12 heteroatoms. The highest BCUT2D eigenvalue weighted by atomic mass is 35.5. The Bertz CT molecular complexity index is 1510. The molecule has 178 valence electrons. The molecule has 1 unspecified atom stereocenters. The maximum Gasteiger partial charge on any atom is 0.251 e. The Kier molecular flexibility index (Phi) is 5.71. The van der Waals surface area contributed by atoms with Crippen LogP contribution in [-0.4, -0.2) is 25.9 Å². The topological polar surface area (TPSA) is 157 Å². The van der Waals surface area contributed by atoms with E-state index in [1.165, 1.54) is 29.5 Å². The number of hydrazone groups is 1. The molecule has 0 bridgehead atoms. The van der Waals surface area contributed by atoms with E-state index < -0.39 is 5.95 Å². The number of nitrogens with two attached hydrogens (primary N) is 3. The number of nitrogens with zero attached hydrogens (tertiary/aromatic N) is 5. The fraction of sp³-hybridized carbons (Fsp3) is 0.130. The van der Waals surface area contributed by atoms with E-state index in [4.69, 9.17) is 29.0 Å². The molecule has 1 aliphatic heterocycles. The van der Waals surface area contributed by atoms with Gasteiger partial charge in [0.15, 0.2) is 0 Å². The lowest BCUT2D eigenvalue weighted by Gasteiger charge is -2.19. The van der Waals surface area contributed by atoms with Crippen LogP contribution >= 0.6 is 11.6 Å². The molecular formula is C23H21ClFN9O. The second kappa shape index (κ2) is 8.85. The molecule has 1 aliphatic rings. The zero-order chi connectivity index (χ0) is 24.7. The summed E-state index contributed by atoms with van der Waals surface area (Å²) in [4.78, 5) is 24.3. The summed E-state index contributed by atoms with van der Waals surface area (Å²) in [5.41, 5.74) is 8.99. The third-order valence-electron chi connectivity index (χ3n) is 5.95. The highest BCUT2D eigenvalue weighted by Gasteiger charge is 2.28. The van der Waals surface area contributed by atoms with Gasteiger partial charge in [0, 0.05) is 22.3 Å². The van der Waals surface area contributed by atoms with Gasteiger partial charge in [-0.3, -0.25) is 9.80 Å². The highest BCUT2D eigenvalue weighted by Crippen LogP contribution is 2.36. The lowest BCUT2D eigenvalue weighted by atomic mass is 10.0. The molecule has 3 aromatic heterocycles. The smallest absolute Gasteiger partial charge is 0.251 e. The standard InChI is InChI=1S/C23H21ClFN9O/c24-13-1-4-18(33(28)11-30-27)16(9-13)12-7-14-2-5-19(34(14)21(35)8-12)17-10-29-23(31-17)15-3-6-20(26)32-22(15)25/h1,3-4,6-11,19H,2,5,27-28H2,(H2,26,32)(H,29,31)/b30-11-. The van der Waals surface area contributed by atoms with Crippen LogP contribution in [0.25, 0.3) is 22.5 Å². The predicted octanol–water partition coefficient (Wildman–Crippen LogP) is 2.79. The molecule has 4 aromatic rings. The first-order valence-electron chi connectivity index (χ1n) is 10.7. The molecule has 0 saturated heterocycles. The number of rotatable bonds is 5. The van der Waals surface area contributed by atoms with Crippen molar-refractivity contribution >= 4 is 29.4 Å². The molecule has 35 heavy (non-hydrogen) atoms. The van der Waals surface area contributed by atoms with Crippen molar-refractivity contribution in [2.75, 3.05) is 10.7 Å². The number of H-pyrrole nitrogens is 1.